The van der Waals surface area contributed by atoms with Gasteiger partial charge in [0.1, 0.15) is 11.5 Å². The van der Waals surface area contributed by atoms with E-state index in [1.165, 1.54) is 11.3 Å². The Kier molecular flexibility index (Phi) is 8.40. The second-order valence-electron chi connectivity index (χ2n) is 8.55. The maximum absolute atomic E-state index is 13.9. The van der Waals surface area contributed by atoms with Gasteiger partial charge in [-0.2, -0.15) is 0 Å². The predicted molar refractivity (Wildman–Crippen MR) is 151 cm³/mol. The number of hydrogen-bond donors (Lipinski definition) is 0. The summed E-state index contributed by atoms with van der Waals surface area (Å²) in [5.74, 6) is 0.814. The zero-order valence-corrected chi connectivity index (χ0v) is 25.0. The van der Waals surface area contributed by atoms with Crippen molar-refractivity contribution in [3.63, 3.8) is 0 Å². The van der Waals surface area contributed by atoms with Crippen LogP contribution in [0.1, 0.15) is 44.9 Å². The first-order valence-electron chi connectivity index (χ1n) is 11.6. The van der Waals surface area contributed by atoms with Crippen LogP contribution in [0.15, 0.2) is 66.4 Å². The number of aromatic nitrogens is 1. The Bertz CT molecular complexity index is 1560. The van der Waals surface area contributed by atoms with Crippen molar-refractivity contribution in [2.75, 3.05) is 13.7 Å². The third kappa shape index (κ3) is 5.61. The van der Waals surface area contributed by atoms with Crippen LogP contribution in [0.3, 0.4) is 0 Å². The van der Waals surface area contributed by atoms with E-state index in [2.05, 4.69) is 36.9 Å². The van der Waals surface area contributed by atoms with Crippen molar-refractivity contribution in [1.29, 1.82) is 0 Å². The number of fused-ring (bicyclic) bond motifs is 1. The summed E-state index contributed by atoms with van der Waals surface area (Å²) >= 11 is 8.27. The molecule has 10 heteroatoms. The van der Waals surface area contributed by atoms with Crippen molar-refractivity contribution in [3.05, 3.63) is 87.4 Å². The summed E-state index contributed by atoms with van der Waals surface area (Å²) in [6.07, 6.45) is 1.46. The number of rotatable bonds is 7. The van der Waals surface area contributed by atoms with E-state index >= 15 is 0 Å². The van der Waals surface area contributed by atoms with Crippen LogP contribution < -0.4 is 24.4 Å². The Labute approximate surface area is 235 Å². The first-order valence-corrected chi connectivity index (χ1v) is 14.0. The molecular formula is C27H26Br2N2O5S. The molecule has 1 aliphatic heterocycles. The van der Waals surface area contributed by atoms with E-state index < -0.39 is 12.0 Å². The Morgan fingerprint density at radius 3 is 2.54 bits per heavy atom. The lowest BCUT2D eigenvalue weighted by Crippen LogP contribution is -2.40. The minimum Gasteiger partial charge on any atom is -0.495 e. The Balaban J connectivity index is 1.95. The van der Waals surface area contributed by atoms with Gasteiger partial charge in [-0.15, -0.1) is 0 Å². The molecule has 0 fully saturated rings. The number of methoxy groups -OCH3 is 1. The molecule has 1 atom stereocenters. The fraction of sp³-hybridized carbons (Fsp3) is 0.296. The predicted octanol–water partition coefficient (Wildman–Crippen LogP) is 5.12. The van der Waals surface area contributed by atoms with Crippen LogP contribution in [-0.2, 0) is 9.53 Å². The molecule has 0 radical (unpaired) electrons. The van der Waals surface area contributed by atoms with Gasteiger partial charge in [-0.3, -0.25) is 9.36 Å². The quantitative estimate of drug-likeness (QED) is 0.332. The smallest absolute Gasteiger partial charge is 0.338 e. The van der Waals surface area contributed by atoms with Gasteiger partial charge in [0.25, 0.3) is 5.56 Å². The van der Waals surface area contributed by atoms with Crippen molar-refractivity contribution in [2.24, 2.45) is 4.99 Å². The lowest BCUT2D eigenvalue weighted by molar-refractivity contribution is -0.143. The maximum atomic E-state index is 13.9. The molecule has 37 heavy (non-hydrogen) atoms. The maximum Gasteiger partial charge on any atom is 0.338 e. The summed E-state index contributed by atoms with van der Waals surface area (Å²) in [5, 5.41) is 0. The average Bonchev–Trinajstić information content (AvgIpc) is 3.12. The Hall–Kier alpha value is -2.69. The molecule has 7 nitrogen and oxygen atoms in total. The molecule has 0 unspecified atom stereocenters. The highest BCUT2D eigenvalue weighted by Crippen LogP contribution is 2.34. The van der Waals surface area contributed by atoms with Crippen molar-refractivity contribution >= 4 is 55.2 Å². The molecule has 0 bridgehead atoms. The molecular weight excluding hydrogens is 624 g/mol. The summed E-state index contributed by atoms with van der Waals surface area (Å²) in [4.78, 5) is 32.2. The molecule has 0 amide bonds. The highest BCUT2D eigenvalue weighted by molar-refractivity contribution is 9.11. The van der Waals surface area contributed by atoms with Crippen LogP contribution in [0.2, 0.25) is 0 Å². The third-order valence-corrected chi connectivity index (χ3v) is 7.65. The standard InChI is InChI=1S/C27H26Br2N2O5S/c1-6-35-19-9-7-16(8-10-19)23-22(26(33)36-14(2)3)15(4)30-27-31(23)25(32)21(37-27)12-17-11-18(28)13-20(29)24(17)34-5/h7-14,23H,6H2,1-5H3/b21-12+/t23-/m0/s1. The fourth-order valence-corrected chi connectivity index (χ4v) is 6.59. The third-order valence-electron chi connectivity index (χ3n) is 5.62. The van der Waals surface area contributed by atoms with Crippen LogP contribution in [0.5, 0.6) is 11.5 Å². The number of thiazole rings is 1. The van der Waals surface area contributed by atoms with Crippen LogP contribution in [0, 0.1) is 0 Å². The molecule has 2 heterocycles. The minimum absolute atomic E-state index is 0.261. The molecule has 194 valence electrons. The summed E-state index contributed by atoms with van der Waals surface area (Å²) < 4.78 is 20.3. The minimum atomic E-state index is -0.698. The van der Waals surface area contributed by atoms with Crippen molar-refractivity contribution < 1.29 is 19.0 Å². The number of nitrogens with zero attached hydrogens (tertiary/aromatic N) is 2. The number of esters is 1. The SMILES string of the molecule is CCOc1ccc([C@H]2C(C(=O)OC(C)C)=C(C)N=c3s/c(=C/c4cc(Br)cc(Br)c4OC)c(=O)n32)cc1. The van der Waals surface area contributed by atoms with Gasteiger partial charge >= 0.3 is 5.97 Å². The molecule has 3 aromatic rings. The van der Waals surface area contributed by atoms with Gasteiger partial charge in [-0.05, 0) is 79.5 Å². The van der Waals surface area contributed by atoms with Crippen LogP contribution in [0.25, 0.3) is 6.08 Å². The number of allylic oxidation sites excluding steroid dienone is 1. The zero-order valence-electron chi connectivity index (χ0n) is 21.0. The number of carbonyl (C=O) groups excluding carboxylic acids is 1. The molecule has 0 saturated heterocycles. The topological polar surface area (TPSA) is 79.1 Å². The number of hydrogen-bond acceptors (Lipinski definition) is 7. The first kappa shape index (κ1) is 27.3. The Morgan fingerprint density at radius 2 is 1.92 bits per heavy atom. The van der Waals surface area contributed by atoms with Gasteiger partial charge in [0.2, 0.25) is 0 Å². The summed E-state index contributed by atoms with van der Waals surface area (Å²) in [5.41, 5.74) is 2.06. The molecule has 1 aliphatic rings. The van der Waals surface area contributed by atoms with E-state index in [9.17, 15) is 9.59 Å². The number of halogens is 2. The second-order valence-corrected chi connectivity index (χ2v) is 11.3. The largest absolute Gasteiger partial charge is 0.495 e. The van der Waals surface area contributed by atoms with E-state index in [-0.39, 0.29) is 11.7 Å². The normalized spacial score (nSPS) is 15.5. The van der Waals surface area contributed by atoms with Crippen LogP contribution in [-0.4, -0.2) is 30.4 Å². The Morgan fingerprint density at radius 1 is 1.22 bits per heavy atom. The summed E-state index contributed by atoms with van der Waals surface area (Å²) in [6, 6.07) is 10.4. The number of carbonyl (C=O) groups is 1. The van der Waals surface area contributed by atoms with Gasteiger partial charge in [0, 0.05) is 10.0 Å². The molecule has 1 aromatic heterocycles. The van der Waals surface area contributed by atoms with E-state index in [0.29, 0.717) is 38.7 Å². The van der Waals surface area contributed by atoms with Crippen molar-refractivity contribution in [1.82, 2.24) is 4.57 Å². The van der Waals surface area contributed by atoms with Crippen LogP contribution in [0.4, 0.5) is 0 Å². The monoisotopic (exact) mass is 648 g/mol. The average molecular weight is 650 g/mol. The van der Waals surface area contributed by atoms with Crippen molar-refractivity contribution in [3.8, 4) is 11.5 Å². The molecule has 0 saturated carbocycles. The van der Waals surface area contributed by atoms with Gasteiger partial charge in [-0.1, -0.05) is 39.4 Å². The lowest BCUT2D eigenvalue weighted by atomic mass is 9.96. The van der Waals surface area contributed by atoms with Crippen molar-refractivity contribution in [2.45, 2.75) is 39.8 Å². The second kappa shape index (κ2) is 11.4. The summed E-state index contributed by atoms with van der Waals surface area (Å²) in [7, 11) is 1.58. The van der Waals surface area contributed by atoms with Crippen LogP contribution >= 0.6 is 43.2 Å². The summed E-state index contributed by atoms with van der Waals surface area (Å²) in [6.45, 7) is 7.80. The molecule has 0 aliphatic carbocycles. The molecule has 0 spiro atoms. The molecule has 4 rings (SSSR count). The number of ether oxygens (including phenoxy) is 3. The zero-order chi connectivity index (χ0) is 26.9. The highest BCUT2D eigenvalue weighted by atomic mass is 79.9. The van der Waals surface area contributed by atoms with E-state index in [4.69, 9.17) is 14.2 Å². The van der Waals surface area contributed by atoms with Gasteiger partial charge in [0.15, 0.2) is 4.80 Å². The molecule has 2 aromatic carbocycles. The number of benzene rings is 2. The van der Waals surface area contributed by atoms with Gasteiger partial charge in [-0.25, -0.2) is 9.79 Å². The molecule has 0 N–H and O–H groups in total. The first-order chi connectivity index (χ1) is 17.6. The van der Waals surface area contributed by atoms with Gasteiger partial charge in [0.05, 0.1) is 46.1 Å². The van der Waals surface area contributed by atoms with Gasteiger partial charge < -0.3 is 14.2 Å². The van der Waals surface area contributed by atoms with E-state index in [1.807, 2.05) is 43.3 Å². The van der Waals surface area contributed by atoms with E-state index in [0.717, 1.165) is 20.1 Å². The fourth-order valence-electron chi connectivity index (χ4n) is 4.13. The highest BCUT2D eigenvalue weighted by Gasteiger charge is 2.33. The lowest BCUT2D eigenvalue weighted by Gasteiger charge is -2.25. The van der Waals surface area contributed by atoms with E-state index in [1.54, 1.807) is 38.5 Å².